The van der Waals surface area contributed by atoms with Crippen molar-refractivity contribution in [3.63, 3.8) is 0 Å². The summed E-state index contributed by atoms with van der Waals surface area (Å²) in [5, 5.41) is 0. The van der Waals surface area contributed by atoms with Crippen LogP contribution in [0, 0.1) is 0 Å². The first-order valence-electron chi connectivity index (χ1n) is 4.23. The Morgan fingerprint density at radius 3 is 2.31 bits per heavy atom. The molecule has 13 heavy (non-hydrogen) atoms. The van der Waals surface area contributed by atoms with E-state index in [2.05, 4.69) is 32.9 Å². The van der Waals surface area contributed by atoms with Crippen LogP contribution in [0.15, 0.2) is 23.7 Å². The fraction of sp³-hybridized carbons (Fsp3) is 0.556. The van der Waals surface area contributed by atoms with Crippen LogP contribution in [0.3, 0.4) is 0 Å². The van der Waals surface area contributed by atoms with E-state index < -0.39 is 0 Å². The molecule has 0 spiro atoms. The molecular weight excluding hydrogens is 277 g/mol. The van der Waals surface area contributed by atoms with Gasteiger partial charge in [0.15, 0.2) is 0 Å². The maximum Gasteiger partial charge on any atom is 0.0591 e. The number of hydrogen-bond acceptors (Lipinski definition) is 3. The Labute approximate surface area is 94.3 Å². The van der Waals surface area contributed by atoms with Crippen molar-refractivity contribution in [2.24, 2.45) is 11.5 Å². The van der Waals surface area contributed by atoms with Crippen molar-refractivity contribution in [2.75, 3.05) is 0 Å². The van der Waals surface area contributed by atoms with E-state index in [9.17, 15) is 0 Å². The first kappa shape index (κ1) is 12.6. The molecule has 0 heterocycles. The highest BCUT2D eigenvalue weighted by Gasteiger charge is 2.10. The van der Waals surface area contributed by atoms with E-state index in [1.165, 1.54) is 5.57 Å². The Balaban J connectivity index is 4.19. The zero-order valence-corrected chi connectivity index (χ0v) is 10.6. The first-order valence-corrected chi connectivity index (χ1v) is 5.20. The third kappa shape index (κ3) is 4.40. The van der Waals surface area contributed by atoms with Gasteiger partial charge in [0, 0.05) is 17.9 Å². The van der Waals surface area contributed by atoms with Crippen molar-refractivity contribution in [1.29, 1.82) is 0 Å². The Bertz CT molecular complexity index is 211. The molecule has 0 saturated heterocycles. The van der Waals surface area contributed by atoms with E-state index in [4.69, 9.17) is 11.5 Å². The summed E-state index contributed by atoms with van der Waals surface area (Å²) < 4.78 is 2.12. The first-order chi connectivity index (χ1) is 6.02. The topological polar surface area (TPSA) is 55.3 Å². The minimum absolute atomic E-state index is 0.417. The minimum atomic E-state index is 0.417. The largest absolute Gasteiger partial charge is 0.405 e. The lowest BCUT2D eigenvalue weighted by Gasteiger charge is -2.24. The Kier molecular flexibility index (Phi) is 5.94. The Morgan fingerprint density at radius 2 is 1.92 bits per heavy atom. The average molecular weight is 295 g/mol. The van der Waals surface area contributed by atoms with E-state index in [1.807, 2.05) is 13.8 Å². The van der Waals surface area contributed by atoms with Gasteiger partial charge in [-0.2, -0.15) is 0 Å². The molecule has 0 aromatic rings. The molecule has 1 atom stereocenters. The van der Waals surface area contributed by atoms with Crippen LogP contribution in [0.1, 0.15) is 27.2 Å². The Hall–Kier alpha value is -0.390. The fourth-order valence-corrected chi connectivity index (χ4v) is 1.39. The molecular formula is C9H18IN3. The van der Waals surface area contributed by atoms with Crippen LogP contribution in [-0.4, -0.2) is 9.16 Å². The van der Waals surface area contributed by atoms with Gasteiger partial charge in [-0.1, -0.05) is 5.57 Å². The Morgan fingerprint density at radius 1 is 1.38 bits per heavy atom. The van der Waals surface area contributed by atoms with Crippen molar-refractivity contribution >= 4 is 22.9 Å². The number of rotatable bonds is 4. The molecule has 4 heteroatoms. The van der Waals surface area contributed by atoms with E-state index in [1.54, 1.807) is 12.4 Å². The van der Waals surface area contributed by atoms with Crippen molar-refractivity contribution in [2.45, 2.75) is 33.2 Å². The predicted octanol–water partition coefficient (Wildman–Crippen LogP) is 2.10. The van der Waals surface area contributed by atoms with Gasteiger partial charge in [0.05, 0.1) is 22.9 Å². The molecule has 0 bridgehead atoms. The molecule has 0 saturated carbocycles. The molecule has 4 N–H and O–H groups in total. The number of halogens is 1. The summed E-state index contributed by atoms with van der Waals surface area (Å²) in [6.45, 7) is 6.17. The number of allylic oxidation sites excluding steroid dienone is 1. The summed E-state index contributed by atoms with van der Waals surface area (Å²) in [6.07, 6.45) is 4.23. The second kappa shape index (κ2) is 6.12. The van der Waals surface area contributed by atoms with Crippen molar-refractivity contribution in [1.82, 2.24) is 3.11 Å². The molecule has 0 amide bonds. The summed E-state index contributed by atoms with van der Waals surface area (Å²) in [5.41, 5.74) is 13.1. The van der Waals surface area contributed by atoms with Crippen molar-refractivity contribution in [3.05, 3.63) is 23.7 Å². The van der Waals surface area contributed by atoms with Crippen LogP contribution in [0.4, 0.5) is 0 Å². The van der Waals surface area contributed by atoms with E-state index in [0.29, 0.717) is 6.04 Å². The van der Waals surface area contributed by atoms with E-state index in [0.717, 1.165) is 12.1 Å². The van der Waals surface area contributed by atoms with Gasteiger partial charge >= 0.3 is 0 Å². The summed E-state index contributed by atoms with van der Waals surface area (Å²) in [6, 6.07) is 0.417. The molecule has 3 nitrogen and oxygen atoms in total. The number of nitrogens with two attached hydrogens (primary N) is 2. The molecule has 0 aliphatic heterocycles. The van der Waals surface area contributed by atoms with Gasteiger partial charge in [-0.05, 0) is 33.4 Å². The molecule has 0 fully saturated rings. The van der Waals surface area contributed by atoms with Crippen molar-refractivity contribution < 1.29 is 0 Å². The van der Waals surface area contributed by atoms with Crippen LogP contribution < -0.4 is 11.5 Å². The van der Waals surface area contributed by atoms with Crippen LogP contribution in [0.25, 0.3) is 0 Å². The highest BCUT2D eigenvalue weighted by molar-refractivity contribution is 14.1. The van der Waals surface area contributed by atoms with Crippen molar-refractivity contribution in [3.8, 4) is 0 Å². The van der Waals surface area contributed by atoms with Gasteiger partial charge in [-0.15, -0.1) is 0 Å². The highest BCUT2D eigenvalue weighted by Crippen LogP contribution is 2.19. The third-order valence-corrected chi connectivity index (χ3v) is 3.58. The molecule has 1 unspecified atom stereocenters. The van der Waals surface area contributed by atoms with Gasteiger partial charge in [-0.3, -0.25) is 0 Å². The average Bonchev–Trinajstić information content (AvgIpc) is 2.14. The predicted molar refractivity (Wildman–Crippen MR) is 65.8 cm³/mol. The molecule has 0 aromatic heterocycles. The third-order valence-electron chi connectivity index (χ3n) is 1.87. The monoisotopic (exact) mass is 295 g/mol. The molecule has 0 aliphatic rings. The normalized spacial score (nSPS) is 15.7. The summed E-state index contributed by atoms with van der Waals surface area (Å²) >= 11 is 2.26. The second-order valence-electron chi connectivity index (χ2n) is 3.19. The van der Waals surface area contributed by atoms with Crippen LogP contribution >= 0.6 is 22.9 Å². The highest BCUT2D eigenvalue weighted by atomic mass is 127. The molecule has 0 radical (unpaired) electrons. The van der Waals surface area contributed by atoms with Gasteiger partial charge in [-0.25, -0.2) is 0 Å². The fourth-order valence-electron chi connectivity index (χ4n) is 1.03. The zero-order valence-electron chi connectivity index (χ0n) is 8.42. The maximum atomic E-state index is 5.43. The standard InChI is InChI=1S/C9H18IN3/c1-7(5-11)4-8(2)13(10)9(3)6-12/h5-6,8H,4,11-12H2,1-3H3/b7-5-,9-6+. The molecule has 0 rings (SSSR count). The number of hydrogen-bond donors (Lipinski definition) is 2. The van der Waals surface area contributed by atoms with E-state index in [-0.39, 0.29) is 0 Å². The van der Waals surface area contributed by atoms with E-state index >= 15 is 0 Å². The smallest absolute Gasteiger partial charge is 0.0591 e. The SMILES string of the molecule is C/C(=C/N)CC(C)N(I)/C(C)=C/N. The summed E-state index contributed by atoms with van der Waals surface area (Å²) in [5.74, 6) is 0. The lowest BCUT2D eigenvalue weighted by molar-refractivity contribution is 0.470. The molecule has 0 aliphatic carbocycles. The van der Waals surface area contributed by atoms with Crippen LogP contribution in [0.2, 0.25) is 0 Å². The van der Waals surface area contributed by atoms with Gasteiger partial charge in [0.1, 0.15) is 0 Å². The minimum Gasteiger partial charge on any atom is -0.405 e. The maximum absolute atomic E-state index is 5.43. The number of nitrogens with zero attached hydrogens (tertiary/aromatic N) is 1. The summed E-state index contributed by atoms with van der Waals surface area (Å²) in [4.78, 5) is 0. The molecule has 0 aromatic carbocycles. The van der Waals surface area contributed by atoms with Crippen LogP contribution in [-0.2, 0) is 0 Å². The van der Waals surface area contributed by atoms with Gasteiger partial charge in [0.25, 0.3) is 0 Å². The summed E-state index contributed by atoms with van der Waals surface area (Å²) in [7, 11) is 0. The van der Waals surface area contributed by atoms with Gasteiger partial charge < -0.3 is 14.6 Å². The quantitative estimate of drug-likeness (QED) is 0.617. The zero-order chi connectivity index (χ0) is 10.4. The second-order valence-corrected chi connectivity index (χ2v) is 4.22. The van der Waals surface area contributed by atoms with Gasteiger partial charge in [0.2, 0.25) is 0 Å². The van der Waals surface area contributed by atoms with Crippen LogP contribution in [0.5, 0.6) is 0 Å². The molecule has 76 valence electrons. The lowest BCUT2D eigenvalue weighted by Crippen LogP contribution is -2.22. The lowest BCUT2D eigenvalue weighted by atomic mass is 10.1.